The SMILES string of the molecule is C=CCCO.C=CCN(CC(O)CO)C(C)(C)CN.C=CO. The minimum absolute atomic E-state index is 0.190. The highest BCUT2D eigenvalue weighted by atomic mass is 16.3. The molecule has 0 saturated heterocycles. The maximum absolute atomic E-state index is 9.35. The van der Waals surface area contributed by atoms with Gasteiger partial charge in [-0.2, -0.15) is 0 Å². The van der Waals surface area contributed by atoms with E-state index in [0.717, 1.165) is 6.26 Å². The van der Waals surface area contributed by atoms with Crippen molar-refractivity contribution in [3.05, 3.63) is 38.2 Å². The first-order valence-corrected chi connectivity index (χ1v) is 7.12. The smallest absolute Gasteiger partial charge is 0.0897 e. The van der Waals surface area contributed by atoms with E-state index in [9.17, 15) is 5.11 Å². The van der Waals surface area contributed by atoms with Gasteiger partial charge in [-0.15, -0.1) is 13.2 Å². The molecule has 6 heteroatoms. The highest BCUT2D eigenvalue weighted by Gasteiger charge is 2.25. The lowest BCUT2D eigenvalue weighted by molar-refractivity contribution is 0.0301. The van der Waals surface area contributed by atoms with E-state index in [4.69, 9.17) is 21.1 Å². The highest BCUT2D eigenvalue weighted by Crippen LogP contribution is 2.12. The number of hydrogen-bond acceptors (Lipinski definition) is 6. The molecule has 1 atom stereocenters. The topological polar surface area (TPSA) is 110 Å². The van der Waals surface area contributed by atoms with E-state index in [0.29, 0.717) is 26.1 Å². The lowest BCUT2D eigenvalue weighted by atomic mass is 10.0. The molecule has 132 valence electrons. The van der Waals surface area contributed by atoms with E-state index in [1.807, 2.05) is 18.7 Å². The second kappa shape index (κ2) is 17.9. The van der Waals surface area contributed by atoms with Crippen LogP contribution in [-0.4, -0.2) is 69.8 Å². The normalized spacial score (nSPS) is 11.4. The molecule has 0 aliphatic carbocycles. The molecule has 0 aromatic carbocycles. The van der Waals surface area contributed by atoms with E-state index in [1.165, 1.54) is 0 Å². The third kappa shape index (κ3) is 16.9. The van der Waals surface area contributed by atoms with Gasteiger partial charge >= 0.3 is 0 Å². The van der Waals surface area contributed by atoms with Crippen LogP contribution < -0.4 is 5.73 Å². The van der Waals surface area contributed by atoms with Gasteiger partial charge in [0.25, 0.3) is 0 Å². The van der Waals surface area contributed by atoms with E-state index in [-0.39, 0.29) is 18.8 Å². The van der Waals surface area contributed by atoms with Crippen molar-refractivity contribution in [3.8, 4) is 0 Å². The summed E-state index contributed by atoms with van der Waals surface area (Å²) in [6.45, 7) is 15.5. The summed E-state index contributed by atoms with van der Waals surface area (Å²) >= 11 is 0. The van der Waals surface area contributed by atoms with Crippen LogP contribution in [0.1, 0.15) is 20.3 Å². The molecular weight excluding hydrogens is 284 g/mol. The Morgan fingerprint density at radius 3 is 1.91 bits per heavy atom. The summed E-state index contributed by atoms with van der Waals surface area (Å²) in [4.78, 5) is 2.00. The number of aliphatic hydroxyl groups excluding tert-OH is 4. The second-order valence-corrected chi connectivity index (χ2v) is 5.03. The van der Waals surface area contributed by atoms with E-state index in [1.54, 1.807) is 12.2 Å². The number of β-amino-alcohol motifs (C(OH)–C–C–N with tert-alkyl or cyclic N) is 1. The minimum Gasteiger partial charge on any atom is -0.516 e. The van der Waals surface area contributed by atoms with Crippen LogP contribution in [0.2, 0.25) is 0 Å². The van der Waals surface area contributed by atoms with Crippen molar-refractivity contribution in [3.63, 3.8) is 0 Å². The van der Waals surface area contributed by atoms with Crippen LogP contribution in [0.4, 0.5) is 0 Å². The van der Waals surface area contributed by atoms with Crippen LogP contribution in [-0.2, 0) is 0 Å². The molecule has 0 aliphatic heterocycles. The van der Waals surface area contributed by atoms with Crippen molar-refractivity contribution in [1.29, 1.82) is 0 Å². The van der Waals surface area contributed by atoms with Crippen molar-refractivity contribution in [1.82, 2.24) is 4.90 Å². The van der Waals surface area contributed by atoms with Gasteiger partial charge in [-0.25, -0.2) is 0 Å². The summed E-state index contributed by atoms with van der Waals surface area (Å²) in [5.41, 5.74) is 5.44. The zero-order valence-electron chi connectivity index (χ0n) is 14.0. The second-order valence-electron chi connectivity index (χ2n) is 5.03. The molecule has 0 amide bonds. The number of hydrogen-bond donors (Lipinski definition) is 5. The zero-order valence-corrected chi connectivity index (χ0v) is 14.0. The fourth-order valence-electron chi connectivity index (χ4n) is 1.26. The summed E-state index contributed by atoms with van der Waals surface area (Å²) < 4.78 is 0. The summed E-state index contributed by atoms with van der Waals surface area (Å²) in [6, 6.07) is 0. The van der Waals surface area contributed by atoms with Gasteiger partial charge < -0.3 is 26.2 Å². The maximum atomic E-state index is 9.35. The first-order valence-electron chi connectivity index (χ1n) is 7.12. The first-order chi connectivity index (χ1) is 10.3. The largest absolute Gasteiger partial charge is 0.516 e. The Morgan fingerprint density at radius 1 is 1.18 bits per heavy atom. The number of aliphatic hydroxyl groups is 4. The highest BCUT2D eigenvalue weighted by molar-refractivity contribution is 4.88. The molecule has 0 aliphatic rings. The van der Waals surface area contributed by atoms with Crippen molar-refractivity contribution in [2.45, 2.75) is 31.9 Å². The van der Waals surface area contributed by atoms with Crippen molar-refractivity contribution in [2.75, 3.05) is 32.8 Å². The summed E-state index contributed by atoms with van der Waals surface area (Å²) in [5, 5.41) is 33.4. The Labute approximate surface area is 134 Å². The fourth-order valence-corrected chi connectivity index (χ4v) is 1.26. The van der Waals surface area contributed by atoms with Crippen LogP contribution in [0.25, 0.3) is 0 Å². The first kappa shape index (κ1) is 25.8. The molecule has 0 aromatic heterocycles. The average molecular weight is 318 g/mol. The van der Waals surface area contributed by atoms with Crippen LogP contribution >= 0.6 is 0 Å². The molecule has 0 fully saturated rings. The molecule has 0 aromatic rings. The molecule has 22 heavy (non-hydrogen) atoms. The molecule has 0 heterocycles. The summed E-state index contributed by atoms with van der Waals surface area (Å²) in [7, 11) is 0. The van der Waals surface area contributed by atoms with E-state index < -0.39 is 6.10 Å². The Morgan fingerprint density at radius 2 is 1.68 bits per heavy atom. The molecular formula is C16H34N2O4. The van der Waals surface area contributed by atoms with Gasteiger partial charge in [0, 0.05) is 31.8 Å². The predicted molar refractivity (Wildman–Crippen MR) is 92.7 cm³/mol. The Balaban J connectivity index is -0.000000373. The lowest BCUT2D eigenvalue weighted by Gasteiger charge is -2.38. The van der Waals surface area contributed by atoms with Gasteiger partial charge in [0.15, 0.2) is 0 Å². The summed E-state index contributed by atoms with van der Waals surface area (Å²) in [6.07, 6.45) is 4.18. The Kier molecular flexibility index (Phi) is 20.9. The molecule has 0 spiro atoms. The zero-order chi connectivity index (χ0) is 18.0. The van der Waals surface area contributed by atoms with Gasteiger partial charge in [0.05, 0.1) is 19.0 Å². The molecule has 1 unspecified atom stereocenters. The Hall–Kier alpha value is -1.18. The third-order valence-electron chi connectivity index (χ3n) is 2.68. The van der Waals surface area contributed by atoms with Crippen molar-refractivity contribution < 1.29 is 20.4 Å². The van der Waals surface area contributed by atoms with Crippen LogP contribution in [0.15, 0.2) is 38.2 Å². The monoisotopic (exact) mass is 318 g/mol. The predicted octanol–water partition coefficient (Wildman–Crippen LogP) is 0.808. The van der Waals surface area contributed by atoms with Gasteiger partial charge in [0.2, 0.25) is 0 Å². The van der Waals surface area contributed by atoms with Crippen LogP contribution in [0.3, 0.4) is 0 Å². The lowest BCUT2D eigenvalue weighted by Crippen LogP contribution is -2.52. The molecule has 0 rings (SSSR count). The van der Waals surface area contributed by atoms with Crippen LogP contribution in [0, 0.1) is 0 Å². The quantitative estimate of drug-likeness (QED) is 0.318. The summed E-state index contributed by atoms with van der Waals surface area (Å²) in [5.74, 6) is 0. The maximum Gasteiger partial charge on any atom is 0.0897 e. The van der Waals surface area contributed by atoms with Gasteiger partial charge in [-0.05, 0) is 20.3 Å². The number of nitrogens with zero attached hydrogens (tertiary/aromatic N) is 1. The molecule has 0 saturated carbocycles. The average Bonchev–Trinajstić information content (AvgIpc) is 2.49. The van der Waals surface area contributed by atoms with E-state index in [2.05, 4.69) is 19.7 Å². The number of nitrogens with two attached hydrogens (primary N) is 1. The van der Waals surface area contributed by atoms with Gasteiger partial charge in [-0.3, -0.25) is 4.90 Å². The van der Waals surface area contributed by atoms with Gasteiger partial charge in [0.1, 0.15) is 0 Å². The van der Waals surface area contributed by atoms with E-state index >= 15 is 0 Å². The van der Waals surface area contributed by atoms with Gasteiger partial charge in [-0.1, -0.05) is 18.7 Å². The van der Waals surface area contributed by atoms with Crippen molar-refractivity contribution >= 4 is 0 Å². The van der Waals surface area contributed by atoms with Crippen LogP contribution in [0.5, 0.6) is 0 Å². The third-order valence-corrected chi connectivity index (χ3v) is 2.68. The number of rotatable bonds is 9. The minimum atomic E-state index is -0.722. The standard InChI is InChI=1S/C10H22N2O2.C4H8O.C2H4O/c1-4-5-12(6-9(14)7-13)10(2,3)8-11;1-2-3-4-5;1-2-3/h4,9,13-14H,1,5-8,11H2,2-3H3;2,5H,1,3-4H2;2-3H,1H2. The molecule has 6 nitrogen and oxygen atoms in total. The molecule has 0 radical (unpaired) electrons. The fraction of sp³-hybridized carbons (Fsp3) is 0.625. The molecule has 0 bridgehead atoms. The Bertz CT molecular complexity index is 271. The van der Waals surface area contributed by atoms with Crippen molar-refractivity contribution in [2.24, 2.45) is 5.73 Å². The molecule has 6 N–H and O–H groups in total.